The van der Waals surface area contributed by atoms with E-state index in [9.17, 15) is 0 Å². The zero-order valence-corrected chi connectivity index (χ0v) is 40.5. The zero-order chi connectivity index (χ0) is 49.8. The van der Waals surface area contributed by atoms with Crippen LogP contribution < -0.4 is 0 Å². The maximum Gasteiger partial charge on any atom is 0.166 e. The summed E-state index contributed by atoms with van der Waals surface area (Å²) in [5.74, 6) is 2.39. The third kappa shape index (κ3) is 6.36. The highest BCUT2D eigenvalue weighted by Gasteiger charge is 2.25. The van der Waals surface area contributed by atoms with Gasteiger partial charge in [0.15, 0.2) is 23.1 Å². The van der Waals surface area contributed by atoms with Crippen molar-refractivity contribution in [1.82, 2.24) is 34.1 Å². The summed E-state index contributed by atoms with van der Waals surface area (Å²) in [5, 5.41) is 8.53. The number of furan rings is 2. The summed E-state index contributed by atoms with van der Waals surface area (Å²) in [7, 11) is 0. The molecule has 0 fully saturated rings. The summed E-state index contributed by atoms with van der Waals surface area (Å²) in [6, 6.07) is 77.3. The number of hydrogen-bond donors (Lipinski definition) is 0. The van der Waals surface area contributed by atoms with Crippen molar-refractivity contribution in [3.63, 3.8) is 0 Å². The van der Waals surface area contributed by atoms with Crippen molar-refractivity contribution in [2.75, 3.05) is 0 Å². The van der Waals surface area contributed by atoms with Crippen LogP contribution in [0.3, 0.4) is 0 Å². The van der Waals surface area contributed by atoms with E-state index in [0.717, 1.165) is 121 Å². The van der Waals surface area contributed by atoms with Crippen LogP contribution in [-0.2, 0) is 0 Å². The lowest BCUT2D eigenvalue weighted by atomic mass is 9.97. The molecule has 0 aliphatic rings. The molecule has 0 saturated heterocycles. The van der Waals surface area contributed by atoms with E-state index < -0.39 is 0 Å². The molecule has 7 heterocycles. The fourth-order valence-electron chi connectivity index (χ4n) is 11.5. The molecule has 9 heteroatoms. The second-order valence-corrected chi connectivity index (χ2v) is 19.2. The van der Waals surface area contributed by atoms with E-state index in [0.29, 0.717) is 28.8 Å². The van der Waals surface area contributed by atoms with Gasteiger partial charge in [-0.3, -0.25) is 9.55 Å². The molecule has 0 atom stereocenters. The van der Waals surface area contributed by atoms with Gasteiger partial charge in [-0.2, -0.15) is 0 Å². The van der Waals surface area contributed by atoms with Crippen LogP contribution in [-0.4, -0.2) is 34.1 Å². The maximum atomic E-state index is 7.26. The number of benzene rings is 9. The van der Waals surface area contributed by atoms with E-state index in [4.69, 9.17) is 33.8 Å². The van der Waals surface area contributed by atoms with Gasteiger partial charge >= 0.3 is 0 Å². The molecule has 0 unspecified atom stereocenters. The Bertz CT molecular complexity index is 4930. The highest BCUT2D eigenvalue weighted by atomic mass is 16.3. The fourth-order valence-corrected chi connectivity index (χ4v) is 11.5. The predicted octanol–water partition coefficient (Wildman–Crippen LogP) is 17.0. The quantitative estimate of drug-likeness (QED) is 0.157. The number of rotatable bonds is 7. The number of fused-ring (bicyclic) bond motifs is 14. The van der Waals surface area contributed by atoms with Crippen molar-refractivity contribution in [1.29, 1.82) is 0 Å². The predicted molar refractivity (Wildman–Crippen MR) is 306 cm³/mol. The summed E-state index contributed by atoms with van der Waals surface area (Å²) in [5.41, 5.74) is 14.2. The van der Waals surface area contributed by atoms with Crippen LogP contribution >= 0.6 is 0 Å². The van der Waals surface area contributed by atoms with E-state index in [-0.39, 0.29) is 0 Å². The van der Waals surface area contributed by atoms with Crippen molar-refractivity contribution >= 4 is 87.5 Å². The summed E-state index contributed by atoms with van der Waals surface area (Å²) in [6.45, 7) is 0. The normalized spacial score (nSPS) is 11.9. The van der Waals surface area contributed by atoms with Crippen molar-refractivity contribution in [3.05, 3.63) is 237 Å². The molecule has 7 aromatic heterocycles. The minimum Gasteiger partial charge on any atom is -0.456 e. The second kappa shape index (κ2) is 16.5. The molecule has 354 valence electrons. The minimum atomic E-state index is 0.478. The minimum absolute atomic E-state index is 0.478. The Hall–Kier alpha value is -10.5. The van der Waals surface area contributed by atoms with Crippen LogP contribution in [0.1, 0.15) is 0 Å². The van der Waals surface area contributed by atoms with Crippen molar-refractivity contribution in [2.45, 2.75) is 0 Å². The third-order valence-corrected chi connectivity index (χ3v) is 14.9. The first-order valence-corrected chi connectivity index (χ1v) is 25.3. The van der Waals surface area contributed by atoms with Gasteiger partial charge in [-0.15, -0.1) is 0 Å². The van der Waals surface area contributed by atoms with Gasteiger partial charge in [-0.05, 0) is 84.4 Å². The molecule has 0 saturated carbocycles. The maximum absolute atomic E-state index is 7.26. The molecule has 0 amide bonds. The van der Waals surface area contributed by atoms with Crippen molar-refractivity contribution < 1.29 is 8.83 Å². The van der Waals surface area contributed by atoms with Gasteiger partial charge < -0.3 is 13.4 Å². The Morgan fingerprint density at radius 2 is 0.947 bits per heavy atom. The Balaban J connectivity index is 0.960. The number of pyridine rings is 2. The zero-order valence-electron chi connectivity index (χ0n) is 40.5. The lowest BCUT2D eigenvalue weighted by molar-refractivity contribution is 0.669. The highest BCUT2D eigenvalue weighted by Crippen LogP contribution is 2.46. The molecule has 0 aliphatic carbocycles. The lowest BCUT2D eigenvalue weighted by Gasteiger charge is -2.13. The van der Waals surface area contributed by atoms with Crippen LogP contribution in [0.5, 0.6) is 0 Å². The number of para-hydroxylation sites is 4. The van der Waals surface area contributed by atoms with Crippen LogP contribution in [0.15, 0.2) is 246 Å². The summed E-state index contributed by atoms with van der Waals surface area (Å²) in [6.07, 6.45) is 3.78. The first-order chi connectivity index (χ1) is 37.7. The van der Waals surface area contributed by atoms with Gasteiger partial charge in [-0.1, -0.05) is 146 Å². The van der Waals surface area contributed by atoms with Crippen LogP contribution in [0, 0.1) is 0 Å². The Labute approximate surface area is 433 Å². The largest absolute Gasteiger partial charge is 0.456 e. The van der Waals surface area contributed by atoms with Gasteiger partial charge in [-0.25, -0.2) is 19.9 Å². The average Bonchev–Trinajstić information content (AvgIpc) is 4.45. The molecule has 16 rings (SSSR count). The number of hydrogen-bond acceptors (Lipinski definition) is 7. The highest BCUT2D eigenvalue weighted by molar-refractivity contribution is 6.25. The molecule has 9 aromatic carbocycles. The van der Waals surface area contributed by atoms with Crippen LogP contribution in [0.4, 0.5) is 0 Å². The Kier molecular flexibility index (Phi) is 9.13. The smallest absolute Gasteiger partial charge is 0.166 e. The molecule has 9 nitrogen and oxygen atoms in total. The summed E-state index contributed by atoms with van der Waals surface area (Å²) in [4.78, 5) is 26.0. The fraction of sp³-hybridized carbons (Fsp3) is 0. The second-order valence-electron chi connectivity index (χ2n) is 19.2. The monoisotopic (exact) mass is 973 g/mol. The molecular formula is C67H39N7O2. The molecule has 16 aromatic rings. The Morgan fingerprint density at radius 1 is 0.342 bits per heavy atom. The standard InChI is InChI=1S/C67H39N7O2/c1-4-17-40(18-5-1)65-70-66(41-19-6-2-7-20-41)72-67(71-65)53-38-43(42-30-34-56-52(37-42)59-57(75-56)35-33-47-45-23-10-12-27-54(45)73(61(47)59)44-21-8-3-9-22-44)39-69-60(53)51-26-16-25-49-50-32-31-48-46-24-11-13-28-55(46)74(58-29-14-15-36-68-58)62(48)64(50)76-63(49)51/h1-39H. The molecule has 0 bridgehead atoms. The molecule has 0 N–H and O–H groups in total. The van der Waals surface area contributed by atoms with E-state index in [1.54, 1.807) is 0 Å². The molecule has 0 radical (unpaired) electrons. The molecule has 76 heavy (non-hydrogen) atoms. The van der Waals surface area contributed by atoms with E-state index in [1.165, 1.54) is 5.39 Å². The molecule has 0 spiro atoms. The van der Waals surface area contributed by atoms with Crippen molar-refractivity contribution in [2.24, 2.45) is 0 Å². The SMILES string of the molecule is c1ccc(-c2nc(-c3ccccc3)nc(-c3cc(-c4ccc5oc6ccc7c8ccccc8n(-c8ccccc8)c7c6c5c4)cnc3-c3cccc4c3oc3c4ccc4c5ccccc5n(-c5ccccn5)c43)n2)cc1. The van der Waals surface area contributed by atoms with Crippen LogP contribution in [0.2, 0.25) is 0 Å². The van der Waals surface area contributed by atoms with Gasteiger partial charge in [0, 0.05) is 83.6 Å². The number of nitrogens with zero attached hydrogens (tertiary/aromatic N) is 7. The van der Waals surface area contributed by atoms with Gasteiger partial charge in [0.1, 0.15) is 22.6 Å². The third-order valence-electron chi connectivity index (χ3n) is 14.9. The first kappa shape index (κ1) is 42.0. The topological polar surface area (TPSA) is 101 Å². The summed E-state index contributed by atoms with van der Waals surface area (Å²) < 4.78 is 18.5. The number of aromatic nitrogens is 7. The molecular weight excluding hydrogens is 935 g/mol. The van der Waals surface area contributed by atoms with E-state index in [1.807, 2.05) is 91.3 Å². The average molecular weight is 974 g/mol. The van der Waals surface area contributed by atoms with Gasteiger partial charge in [0.2, 0.25) is 0 Å². The Morgan fingerprint density at radius 3 is 1.68 bits per heavy atom. The van der Waals surface area contributed by atoms with Crippen molar-refractivity contribution in [3.8, 4) is 68.1 Å². The van der Waals surface area contributed by atoms with Gasteiger partial charge in [0.25, 0.3) is 0 Å². The van der Waals surface area contributed by atoms with E-state index in [2.05, 4.69) is 155 Å². The van der Waals surface area contributed by atoms with Crippen LogP contribution in [0.25, 0.3) is 156 Å². The van der Waals surface area contributed by atoms with E-state index >= 15 is 0 Å². The first-order valence-electron chi connectivity index (χ1n) is 25.3. The lowest BCUT2D eigenvalue weighted by Crippen LogP contribution is -2.02. The van der Waals surface area contributed by atoms with Gasteiger partial charge in [0.05, 0.1) is 33.1 Å². The molecule has 0 aliphatic heterocycles. The summed E-state index contributed by atoms with van der Waals surface area (Å²) >= 11 is 0.